The zero-order valence-corrected chi connectivity index (χ0v) is 11.9. The van der Waals surface area contributed by atoms with Crippen molar-refractivity contribution in [3.05, 3.63) is 0 Å². The van der Waals surface area contributed by atoms with E-state index in [4.69, 9.17) is 10.5 Å². The van der Waals surface area contributed by atoms with Crippen LogP contribution in [0.2, 0.25) is 0 Å². The summed E-state index contributed by atoms with van der Waals surface area (Å²) in [5.41, 5.74) is 6.05. The fourth-order valence-electron chi connectivity index (χ4n) is 4.19. The number of amides is 1. The molecule has 1 amide bonds. The molecule has 2 heterocycles. The highest BCUT2D eigenvalue weighted by Gasteiger charge is 2.43. The van der Waals surface area contributed by atoms with E-state index in [1.54, 1.807) is 0 Å². The molecule has 1 aliphatic carbocycles. The minimum atomic E-state index is 0.313. The summed E-state index contributed by atoms with van der Waals surface area (Å²) in [7, 11) is 0. The molecule has 3 fully saturated rings. The smallest absolute Gasteiger partial charge is 0.223 e. The lowest BCUT2D eigenvalue weighted by atomic mass is 9.79. The average molecular weight is 266 g/mol. The van der Waals surface area contributed by atoms with Crippen molar-refractivity contribution in [3.63, 3.8) is 0 Å². The number of nitrogens with two attached hydrogens (primary N) is 1. The number of hydrogen-bond donors (Lipinski definition) is 1. The first-order chi connectivity index (χ1) is 9.17. The van der Waals surface area contributed by atoms with Crippen molar-refractivity contribution >= 4 is 5.91 Å². The van der Waals surface area contributed by atoms with Crippen molar-refractivity contribution in [2.24, 2.45) is 11.7 Å². The molecule has 2 unspecified atom stereocenters. The minimum absolute atomic E-state index is 0.313. The molecule has 2 bridgehead atoms. The zero-order valence-electron chi connectivity index (χ0n) is 11.9. The largest absolute Gasteiger partial charge is 0.378 e. The van der Waals surface area contributed by atoms with E-state index in [1.165, 1.54) is 0 Å². The molecule has 0 radical (unpaired) electrons. The highest BCUT2D eigenvalue weighted by molar-refractivity contribution is 5.77. The Bertz CT molecular complexity index is 327. The number of carbonyl (C=O) groups is 1. The molecule has 3 aliphatic rings. The number of ether oxygens (including phenoxy) is 1. The monoisotopic (exact) mass is 266 g/mol. The first-order valence-corrected chi connectivity index (χ1v) is 7.85. The summed E-state index contributed by atoms with van der Waals surface area (Å²) in [6.07, 6.45) is 7.63. The molecule has 0 aromatic rings. The summed E-state index contributed by atoms with van der Waals surface area (Å²) in [6.45, 7) is 2.83. The third-order valence-corrected chi connectivity index (χ3v) is 5.12. The Morgan fingerprint density at radius 3 is 2.42 bits per heavy atom. The molecule has 1 saturated carbocycles. The zero-order chi connectivity index (χ0) is 13.4. The van der Waals surface area contributed by atoms with E-state index in [9.17, 15) is 4.79 Å². The molecule has 0 aromatic carbocycles. The lowest BCUT2D eigenvalue weighted by Crippen LogP contribution is -2.51. The van der Waals surface area contributed by atoms with Gasteiger partial charge in [0.05, 0.1) is 6.10 Å². The number of nitrogens with zero attached hydrogens (tertiary/aromatic N) is 1. The van der Waals surface area contributed by atoms with Crippen LogP contribution in [-0.4, -0.2) is 41.6 Å². The van der Waals surface area contributed by atoms with E-state index in [-0.39, 0.29) is 0 Å². The fraction of sp³-hybridized carbons (Fsp3) is 0.933. The second kappa shape index (κ2) is 5.41. The Morgan fingerprint density at radius 1 is 1.21 bits per heavy atom. The maximum absolute atomic E-state index is 12.5. The van der Waals surface area contributed by atoms with Gasteiger partial charge in [0, 0.05) is 31.2 Å². The minimum Gasteiger partial charge on any atom is -0.378 e. The predicted molar refractivity (Wildman–Crippen MR) is 73.6 cm³/mol. The molecule has 4 heteroatoms. The maximum Gasteiger partial charge on any atom is 0.223 e. The molecule has 2 atom stereocenters. The molecule has 4 nitrogen and oxygen atoms in total. The number of hydrogen-bond acceptors (Lipinski definition) is 3. The normalized spacial score (nSPS) is 41.2. The summed E-state index contributed by atoms with van der Waals surface area (Å²) >= 11 is 0. The molecular weight excluding hydrogens is 240 g/mol. The van der Waals surface area contributed by atoms with Crippen molar-refractivity contribution < 1.29 is 9.53 Å². The van der Waals surface area contributed by atoms with Gasteiger partial charge in [-0.1, -0.05) is 0 Å². The molecule has 2 aliphatic heterocycles. The SMILES string of the molecule is CCOC1CC(CC(=O)N2C3CCC2CC(N)C3)C1. The van der Waals surface area contributed by atoms with Crippen molar-refractivity contribution in [2.45, 2.75) is 76.1 Å². The van der Waals surface area contributed by atoms with E-state index in [0.29, 0.717) is 36.1 Å². The van der Waals surface area contributed by atoms with Crippen LogP contribution in [0.1, 0.15) is 51.9 Å². The number of fused-ring (bicyclic) bond motifs is 2. The van der Waals surface area contributed by atoms with Crippen LogP contribution in [-0.2, 0) is 9.53 Å². The van der Waals surface area contributed by atoms with E-state index >= 15 is 0 Å². The van der Waals surface area contributed by atoms with Gasteiger partial charge < -0.3 is 15.4 Å². The Morgan fingerprint density at radius 2 is 1.84 bits per heavy atom. The molecular formula is C15H26N2O2. The predicted octanol–water partition coefficient (Wildman–Crippen LogP) is 1.67. The maximum atomic E-state index is 12.5. The Balaban J connectivity index is 1.49. The standard InChI is InChI=1S/C15H26N2O2/c1-2-19-14-5-10(6-14)7-15(18)17-12-3-4-13(17)9-11(16)8-12/h10-14H,2-9,16H2,1H3. The third-order valence-electron chi connectivity index (χ3n) is 5.12. The van der Waals surface area contributed by atoms with Crippen LogP contribution in [0.3, 0.4) is 0 Å². The van der Waals surface area contributed by atoms with E-state index in [0.717, 1.165) is 51.6 Å². The Labute approximate surface area is 115 Å². The van der Waals surface area contributed by atoms with E-state index < -0.39 is 0 Å². The van der Waals surface area contributed by atoms with Gasteiger partial charge in [0.15, 0.2) is 0 Å². The lowest BCUT2D eigenvalue weighted by molar-refractivity contribution is -0.139. The van der Waals surface area contributed by atoms with Crippen molar-refractivity contribution in [1.29, 1.82) is 0 Å². The average Bonchev–Trinajstić information content (AvgIpc) is 2.59. The van der Waals surface area contributed by atoms with Crippen LogP contribution in [0.15, 0.2) is 0 Å². The Hall–Kier alpha value is -0.610. The number of piperidine rings is 1. The Kier molecular flexibility index (Phi) is 3.81. The second-order valence-electron chi connectivity index (χ2n) is 6.54. The first-order valence-electron chi connectivity index (χ1n) is 7.85. The molecule has 108 valence electrons. The van der Waals surface area contributed by atoms with Gasteiger partial charge >= 0.3 is 0 Å². The van der Waals surface area contributed by atoms with Crippen LogP contribution in [0.4, 0.5) is 0 Å². The number of carbonyl (C=O) groups excluding carboxylic acids is 1. The van der Waals surface area contributed by atoms with Gasteiger partial charge in [-0.15, -0.1) is 0 Å². The van der Waals surface area contributed by atoms with Gasteiger partial charge in [0.25, 0.3) is 0 Å². The van der Waals surface area contributed by atoms with Crippen LogP contribution in [0.5, 0.6) is 0 Å². The third kappa shape index (κ3) is 2.65. The van der Waals surface area contributed by atoms with E-state index in [1.807, 2.05) is 6.92 Å². The molecule has 2 saturated heterocycles. The van der Waals surface area contributed by atoms with Crippen molar-refractivity contribution in [2.75, 3.05) is 6.61 Å². The summed E-state index contributed by atoms with van der Waals surface area (Å²) in [6, 6.07) is 1.18. The van der Waals surface area contributed by atoms with Gasteiger partial charge in [-0.05, 0) is 51.4 Å². The van der Waals surface area contributed by atoms with Gasteiger partial charge in [0.1, 0.15) is 0 Å². The van der Waals surface area contributed by atoms with Crippen LogP contribution in [0.25, 0.3) is 0 Å². The van der Waals surface area contributed by atoms with Gasteiger partial charge in [-0.3, -0.25) is 4.79 Å². The summed E-state index contributed by atoms with van der Waals surface area (Å²) in [5, 5.41) is 0. The fourth-order valence-corrected chi connectivity index (χ4v) is 4.19. The highest BCUT2D eigenvalue weighted by Crippen LogP contribution is 2.38. The van der Waals surface area contributed by atoms with Crippen LogP contribution >= 0.6 is 0 Å². The van der Waals surface area contributed by atoms with Crippen molar-refractivity contribution in [1.82, 2.24) is 4.90 Å². The molecule has 0 aromatic heterocycles. The summed E-state index contributed by atoms with van der Waals surface area (Å²) in [4.78, 5) is 14.7. The molecule has 3 rings (SSSR count). The summed E-state index contributed by atoms with van der Waals surface area (Å²) in [5.74, 6) is 0.929. The van der Waals surface area contributed by atoms with E-state index in [2.05, 4.69) is 4.90 Å². The topological polar surface area (TPSA) is 55.6 Å². The summed E-state index contributed by atoms with van der Waals surface area (Å²) < 4.78 is 5.56. The molecule has 19 heavy (non-hydrogen) atoms. The number of rotatable bonds is 4. The van der Waals surface area contributed by atoms with Gasteiger partial charge in [-0.25, -0.2) is 0 Å². The lowest BCUT2D eigenvalue weighted by Gasteiger charge is -2.40. The molecule has 0 spiro atoms. The van der Waals surface area contributed by atoms with Gasteiger partial charge in [-0.2, -0.15) is 0 Å². The second-order valence-corrected chi connectivity index (χ2v) is 6.54. The van der Waals surface area contributed by atoms with Crippen LogP contribution in [0, 0.1) is 5.92 Å². The first kappa shape index (κ1) is 13.4. The quantitative estimate of drug-likeness (QED) is 0.842. The van der Waals surface area contributed by atoms with Gasteiger partial charge in [0.2, 0.25) is 5.91 Å². The van der Waals surface area contributed by atoms with Crippen molar-refractivity contribution in [3.8, 4) is 0 Å². The van der Waals surface area contributed by atoms with Crippen LogP contribution < -0.4 is 5.73 Å². The highest BCUT2D eigenvalue weighted by atomic mass is 16.5. The molecule has 2 N–H and O–H groups in total.